The molecule has 1 aliphatic heterocycles. The van der Waals surface area contributed by atoms with E-state index in [0.29, 0.717) is 4.47 Å². The van der Waals surface area contributed by atoms with Crippen LogP contribution in [0.15, 0.2) is 40.9 Å². The molecule has 2 aromatic rings. The van der Waals surface area contributed by atoms with E-state index in [1.165, 1.54) is 18.2 Å². The summed E-state index contributed by atoms with van der Waals surface area (Å²) in [5, 5.41) is 4.65. The number of hydrogen-bond acceptors (Lipinski definition) is 4. The van der Waals surface area contributed by atoms with Crippen LogP contribution in [0.5, 0.6) is 0 Å². The molecule has 3 rings (SSSR count). The van der Waals surface area contributed by atoms with Gasteiger partial charge in [0.15, 0.2) is 11.6 Å². The molecule has 0 saturated carbocycles. The van der Waals surface area contributed by atoms with E-state index in [1.54, 1.807) is 6.07 Å². The zero-order valence-electron chi connectivity index (χ0n) is 14.8. The molecule has 0 unspecified atom stereocenters. The lowest BCUT2D eigenvalue weighted by Crippen LogP contribution is -2.37. The number of hydrogen-bond donors (Lipinski definition) is 2. The van der Waals surface area contributed by atoms with Crippen LogP contribution in [0.1, 0.15) is 27.1 Å². The minimum absolute atomic E-state index is 0.0420. The molecule has 2 aromatic carbocycles. The van der Waals surface area contributed by atoms with Crippen LogP contribution in [-0.4, -0.2) is 41.6 Å². The van der Waals surface area contributed by atoms with Crippen LogP contribution in [0.4, 0.5) is 14.5 Å². The number of imide groups is 1. The first kappa shape index (κ1) is 20.6. The van der Waals surface area contributed by atoms with E-state index in [9.17, 15) is 28.0 Å². The Bertz CT molecular complexity index is 1030. The molecule has 0 atom stereocenters. The minimum Gasteiger partial charge on any atom is -0.347 e. The van der Waals surface area contributed by atoms with E-state index in [1.807, 2.05) is 0 Å². The van der Waals surface area contributed by atoms with Crippen molar-refractivity contribution in [1.29, 1.82) is 0 Å². The minimum atomic E-state index is -1.11. The molecular weight excluding hydrogens is 452 g/mol. The van der Waals surface area contributed by atoms with Crippen LogP contribution in [0.25, 0.3) is 0 Å². The lowest BCUT2D eigenvalue weighted by Gasteiger charge is -2.13. The van der Waals surface area contributed by atoms with Crippen LogP contribution in [0.3, 0.4) is 0 Å². The summed E-state index contributed by atoms with van der Waals surface area (Å²) < 4.78 is 26.6. The molecule has 0 saturated heterocycles. The van der Waals surface area contributed by atoms with Crippen LogP contribution in [-0.2, 0) is 9.59 Å². The fourth-order valence-corrected chi connectivity index (χ4v) is 3.09. The Labute approximate surface area is 172 Å². The normalized spacial score (nSPS) is 12.7. The molecule has 2 N–H and O–H groups in total. The fraction of sp³-hybridized carbons (Fsp3) is 0.158. The second-order valence-corrected chi connectivity index (χ2v) is 7.07. The topological polar surface area (TPSA) is 95.6 Å². The smallest absolute Gasteiger partial charge is 0.261 e. The number of rotatable bonds is 6. The molecule has 1 aliphatic rings. The van der Waals surface area contributed by atoms with E-state index in [-0.39, 0.29) is 29.8 Å². The lowest BCUT2D eigenvalue weighted by atomic mass is 10.1. The zero-order chi connectivity index (χ0) is 21.1. The van der Waals surface area contributed by atoms with Gasteiger partial charge in [-0.25, -0.2) is 8.78 Å². The van der Waals surface area contributed by atoms with Crippen molar-refractivity contribution in [3.05, 3.63) is 63.6 Å². The predicted molar refractivity (Wildman–Crippen MR) is 102 cm³/mol. The van der Waals surface area contributed by atoms with Crippen molar-refractivity contribution in [1.82, 2.24) is 10.2 Å². The Morgan fingerprint density at radius 3 is 2.38 bits per heavy atom. The number of amides is 4. The van der Waals surface area contributed by atoms with Gasteiger partial charge < -0.3 is 10.6 Å². The van der Waals surface area contributed by atoms with E-state index in [2.05, 4.69) is 26.6 Å². The van der Waals surface area contributed by atoms with Gasteiger partial charge in [-0.05, 0) is 30.3 Å². The summed E-state index contributed by atoms with van der Waals surface area (Å²) in [6.07, 6.45) is -0.189. The highest BCUT2D eigenvalue weighted by molar-refractivity contribution is 9.10. The van der Waals surface area contributed by atoms with E-state index in [4.69, 9.17) is 0 Å². The Hall–Kier alpha value is -3.14. The lowest BCUT2D eigenvalue weighted by molar-refractivity contribution is -0.124. The van der Waals surface area contributed by atoms with Gasteiger partial charge in [0.25, 0.3) is 11.8 Å². The average Bonchev–Trinajstić information content (AvgIpc) is 2.91. The molecule has 0 aromatic heterocycles. The van der Waals surface area contributed by atoms with Gasteiger partial charge in [0.05, 0.1) is 17.7 Å². The molecule has 150 valence electrons. The molecule has 4 amide bonds. The third-order valence-corrected chi connectivity index (χ3v) is 4.64. The van der Waals surface area contributed by atoms with Crippen LogP contribution in [0.2, 0.25) is 0 Å². The predicted octanol–water partition coefficient (Wildman–Crippen LogP) is 2.47. The van der Waals surface area contributed by atoms with Crippen LogP contribution < -0.4 is 10.6 Å². The molecule has 0 fully saturated rings. The number of nitrogens with zero attached hydrogens (tertiary/aromatic N) is 1. The van der Waals surface area contributed by atoms with Gasteiger partial charge in [0.1, 0.15) is 0 Å². The molecule has 29 heavy (non-hydrogen) atoms. The van der Waals surface area contributed by atoms with Gasteiger partial charge in [-0.1, -0.05) is 15.9 Å². The largest absolute Gasteiger partial charge is 0.347 e. The first-order valence-electron chi connectivity index (χ1n) is 8.43. The molecule has 0 bridgehead atoms. The Morgan fingerprint density at radius 1 is 0.931 bits per heavy atom. The fourth-order valence-electron chi connectivity index (χ4n) is 2.73. The van der Waals surface area contributed by atoms with Crippen LogP contribution >= 0.6 is 15.9 Å². The van der Waals surface area contributed by atoms with Gasteiger partial charge in [-0.15, -0.1) is 0 Å². The Kier molecular flexibility index (Phi) is 6.02. The molecule has 1 heterocycles. The van der Waals surface area contributed by atoms with Gasteiger partial charge >= 0.3 is 0 Å². The summed E-state index contributed by atoms with van der Waals surface area (Å²) in [7, 11) is 0. The van der Waals surface area contributed by atoms with E-state index >= 15 is 0 Å². The summed E-state index contributed by atoms with van der Waals surface area (Å²) in [5.74, 6) is -4.33. The number of nitrogens with one attached hydrogen (secondary N) is 2. The number of carbonyl (C=O) groups is 4. The highest BCUT2D eigenvalue weighted by Gasteiger charge is 2.35. The highest BCUT2D eigenvalue weighted by Crippen LogP contribution is 2.26. The average molecular weight is 466 g/mol. The summed E-state index contributed by atoms with van der Waals surface area (Å²) in [5.41, 5.74) is 0.570. The van der Waals surface area contributed by atoms with Gasteiger partial charge in [-0.3, -0.25) is 24.1 Å². The van der Waals surface area contributed by atoms with E-state index < -0.39 is 41.8 Å². The summed E-state index contributed by atoms with van der Waals surface area (Å²) in [4.78, 5) is 49.3. The quantitative estimate of drug-likeness (QED) is 0.640. The maximum atomic E-state index is 13.1. The van der Waals surface area contributed by atoms with Crippen molar-refractivity contribution in [2.45, 2.75) is 6.42 Å². The van der Waals surface area contributed by atoms with Crippen molar-refractivity contribution in [3.63, 3.8) is 0 Å². The van der Waals surface area contributed by atoms with Crippen molar-refractivity contribution in [2.75, 3.05) is 18.4 Å². The third-order valence-electron chi connectivity index (χ3n) is 4.14. The van der Waals surface area contributed by atoms with Gasteiger partial charge in [-0.2, -0.15) is 0 Å². The maximum absolute atomic E-state index is 13.1. The van der Waals surface area contributed by atoms with E-state index in [0.717, 1.165) is 17.0 Å². The maximum Gasteiger partial charge on any atom is 0.261 e. The van der Waals surface area contributed by atoms with Crippen molar-refractivity contribution < 1.29 is 28.0 Å². The highest BCUT2D eigenvalue weighted by atomic mass is 79.9. The molecule has 0 radical (unpaired) electrons. The Balaban J connectivity index is 1.48. The third kappa shape index (κ3) is 4.65. The summed E-state index contributed by atoms with van der Waals surface area (Å²) in [6.45, 7) is -0.548. The molecule has 10 heteroatoms. The first-order chi connectivity index (χ1) is 13.8. The number of benzene rings is 2. The second-order valence-electron chi connectivity index (χ2n) is 6.16. The van der Waals surface area contributed by atoms with Crippen LogP contribution in [0, 0.1) is 11.6 Å². The molecule has 0 spiro atoms. The number of fused-ring (bicyclic) bond motifs is 1. The summed E-state index contributed by atoms with van der Waals surface area (Å²) in [6, 6.07) is 7.57. The number of anilines is 1. The van der Waals surface area contributed by atoms with Gasteiger partial charge in [0.2, 0.25) is 11.8 Å². The SMILES string of the molecule is O=C(CCN1C(=O)c2ccc(Br)cc2C1=O)NCC(=O)Nc1ccc(F)c(F)c1. The van der Waals surface area contributed by atoms with Gasteiger partial charge in [0, 0.05) is 29.2 Å². The van der Waals surface area contributed by atoms with Crippen molar-refractivity contribution >= 4 is 45.2 Å². The second kappa shape index (κ2) is 8.48. The molecular formula is C19H14BrF2N3O4. The standard InChI is InChI=1S/C19H14BrF2N3O4/c20-10-1-3-12-13(7-10)19(29)25(18(12)28)6-5-16(26)23-9-17(27)24-11-2-4-14(21)15(22)8-11/h1-4,7-8H,5-6,9H2,(H,23,26)(H,24,27). The number of carbonyl (C=O) groups excluding carboxylic acids is 4. The monoisotopic (exact) mass is 465 g/mol. The zero-order valence-corrected chi connectivity index (χ0v) is 16.4. The van der Waals surface area contributed by atoms with Crippen molar-refractivity contribution in [2.24, 2.45) is 0 Å². The molecule has 7 nitrogen and oxygen atoms in total. The molecule has 0 aliphatic carbocycles. The number of halogens is 3. The summed E-state index contributed by atoms with van der Waals surface area (Å²) >= 11 is 3.24. The van der Waals surface area contributed by atoms with Crippen molar-refractivity contribution in [3.8, 4) is 0 Å². The Morgan fingerprint density at radius 2 is 1.66 bits per heavy atom. The first-order valence-corrected chi connectivity index (χ1v) is 9.23.